The van der Waals surface area contributed by atoms with Crippen molar-refractivity contribution in [3.63, 3.8) is 0 Å². The lowest BCUT2D eigenvalue weighted by molar-refractivity contribution is -0.118. The molecule has 0 aliphatic heterocycles. The Morgan fingerprint density at radius 2 is 1.81 bits per heavy atom. The van der Waals surface area contributed by atoms with Crippen molar-refractivity contribution in [3.8, 4) is 22.9 Å². The minimum Gasteiger partial charge on any atom is -0.497 e. The lowest BCUT2D eigenvalue weighted by Crippen LogP contribution is -2.24. The van der Waals surface area contributed by atoms with E-state index in [9.17, 15) is 4.79 Å². The van der Waals surface area contributed by atoms with E-state index in [1.54, 1.807) is 20.4 Å². The molecule has 162 valence electrons. The van der Waals surface area contributed by atoms with E-state index < -0.39 is 0 Å². The zero-order valence-corrected chi connectivity index (χ0v) is 18.4. The number of benzene rings is 2. The van der Waals surface area contributed by atoms with Gasteiger partial charge in [-0.25, -0.2) is 19.9 Å². The van der Waals surface area contributed by atoms with E-state index >= 15 is 0 Å². The van der Waals surface area contributed by atoms with Gasteiger partial charge >= 0.3 is 0 Å². The van der Waals surface area contributed by atoms with Gasteiger partial charge in [-0.3, -0.25) is 4.79 Å². The largest absolute Gasteiger partial charge is 0.497 e. The Morgan fingerprint density at radius 3 is 2.59 bits per heavy atom. The molecule has 4 aromatic rings. The maximum absolute atomic E-state index is 12.3. The van der Waals surface area contributed by atoms with Gasteiger partial charge in [0.25, 0.3) is 0 Å². The first-order valence-corrected chi connectivity index (χ1v) is 10.8. The van der Waals surface area contributed by atoms with Crippen LogP contribution in [-0.4, -0.2) is 45.8 Å². The topological polar surface area (TPSA) is 99.1 Å². The number of hydrogen-bond acceptors (Lipinski definition) is 8. The second kappa shape index (κ2) is 10.1. The van der Waals surface area contributed by atoms with Gasteiger partial charge < -0.3 is 14.8 Å². The number of methoxy groups -OCH3 is 2. The van der Waals surface area contributed by atoms with Crippen molar-refractivity contribution in [1.29, 1.82) is 0 Å². The third-order valence-corrected chi connectivity index (χ3v) is 5.67. The van der Waals surface area contributed by atoms with E-state index in [1.807, 2.05) is 48.5 Å². The number of nitrogens with one attached hydrogen (secondary N) is 1. The van der Waals surface area contributed by atoms with Crippen molar-refractivity contribution in [3.05, 3.63) is 66.6 Å². The second-order valence-corrected chi connectivity index (χ2v) is 7.72. The Labute approximate surface area is 189 Å². The van der Waals surface area contributed by atoms with Crippen LogP contribution in [-0.2, 0) is 11.3 Å². The number of ether oxygens (including phenoxy) is 2. The molecule has 4 rings (SSSR count). The Bertz CT molecular complexity index is 1230. The number of carbonyl (C=O) groups excluding carboxylic acids is 1. The minimum atomic E-state index is -0.0969. The normalized spacial score (nSPS) is 10.7. The van der Waals surface area contributed by atoms with Gasteiger partial charge in [-0.1, -0.05) is 23.9 Å². The van der Waals surface area contributed by atoms with E-state index in [-0.39, 0.29) is 11.7 Å². The standard InChI is InChI=1S/C23H21N5O3S/c1-30-17-8-6-16(7-9-17)21-25-12-19-22(28-21)26-14-27-23(19)32-13-20(29)24-11-15-4-3-5-18(10-15)31-2/h3-10,12,14H,11,13H2,1-2H3,(H,24,29). The van der Waals surface area contributed by atoms with E-state index in [1.165, 1.54) is 18.1 Å². The maximum Gasteiger partial charge on any atom is 0.230 e. The van der Waals surface area contributed by atoms with Crippen LogP contribution < -0.4 is 14.8 Å². The highest BCUT2D eigenvalue weighted by Crippen LogP contribution is 2.25. The van der Waals surface area contributed by atoms with Crippen LogP contribution in [0.5, 0.6) is 11.5 Å². The quantitative estimate of drug-likeness (QED) is 0.324. The van der Waals surface area contributed by atoms with Gasteiger partial charge in [0.1, 0.15) is 22.9 Å². The highest BCUT2D eigenvalue weighted by Gasteiger charge is 2.11. The van der Waals surface area contributed by atoms with Gasteiger partial charge in [0.05, 0.1) is 25.4 Å². The molecule has 9 heteroatoms. The van der Waals surface area contributed by atoms with Crippen molar-refractivity contribution in [1.82, 2.24) is 25.3 Å². The van der Waals surface area contributed by atoms with Gasteiger partial charge in [0.2, 0.25) is 5.91 Å². The SMILES string of the molecule is COc1ccc(-c2ncc3c(SCC(=O)NCc4cccc(OC)c4)ncnc3n2)cc1. The number of rotatable bonds is 8. The second-order valence-electron chi connectivity index (χ2n) is 6.76. The third kappa shape index (κ3) is 5.12. The summed E-state index contributed by atoms with van der Waals surface area (Å²) in [6.07, 6.45) is 3.14. The highest BCUT2D eigenvalue weighted by atomic mass is 32.2. The summed E-state index contributed by atoms with van der Waals surface area (Å²) in [4.78, 5) is 29.9. The first kappa shape index (κ1) is 21.5. The molecule has 2 aromatic carbocycles. The number of amides is 1. The molecule has 0 spiro atoms. The van der Waals surface area contributed by atoms with Gasteiger partial charge in [-0.05, 0) is 42.0 Å². The molecule has 0 aliphatic rings. The summed E-state index contributed by atoms with van der Waals surface area (Å²) in [6, 6.07) is 15.1. The predicted molar refractivity (Wildman–Crippen MR) is 123 cm³/mol. The lowest BCUT2D eigenvalue weighted by atomic mass is 10.2. The van der Waals surface area contributed by atoms with Gasteiger partial charge in [0, 0.05) is 18.3 Å². The molecule has 0 bridgehead atoms. The summed E-state index contributed by atoms with van der Waals surface area (Å²) in [7, 11) is 3.24. The van der Waals surface area contributed by atoms with Crippen molar-refractivity contribution in [2.24, 2.45) is 0 Å². The third-order valence-electron chi connectivity index (χ3n) is 4.67. The first-order chi connectivity index (χ1) is 15.7. The maximum atomic E-state index is 12.3. The van der Waals surface area contributed by atoms with Crippen LogP contribution >= 0.6 is 11.8 Å². The van der Waals surface area contributed by atoms with Crippen molar-refractivity contribution < 1.29 is 14.3 Å². The minimum absolute atomic E-state index is 0.0969. The summed E-state index contributed by atoms with van der Waals surface area (Å²) >= 11 is 1.32. The monoisotopic (exact) mass is 447 g/mol. The summed E-state index contributed by atoms with van der Waals surface area (Å²) in [6.45, 7) is 0.426. The summed E-state index contributed by atoms with van der Waals surface area (Å²) in [5.74, 6) is 2.20. The number of thioether (sulfide) groups is 1. The molecule has 32 heavy (non-hydrogen) atoms. The molecular weight excluding hydrogens is 426 g/mol. The average molecular weight is 448 g/mol. The molecule has 1 amide bonds. The molecule has 2 heterocycles. The van der Waals surface area contributed by atoms with E-state index in [0.29, 0.717) is 28.4 Å². The molecule has 0 fully saturated rings. The van der Waals surface area contributed by atoms with Crippen molar-refractivity contribution >= 4 is 28.7 Å². The molecule has 0 saturated carbocycles. The number of hydrogen-bond donors (Lipinski definition) is 1. The molecule has 0 unspecified atom stereocenters. The van der Waals surface area contributed by atoms with Crippen LogP contribution in [0.2, 0.25) is 0 Å². The van der Waals surface area contributed by atoms with E-state index in [0.717, 1.165) is 22.6 Å². The summed E-state index contributed by atoms with van der Waals surface area (Å²) in [5.41, 5.74) is 2.35. The van der Waals surface area contributed by atoms with Crippen LogP contribution in [0.4, 0.5) is 0 Å². The first-order valence-electron chi connectivity index (χ1n) is 9.81. The fraction of sp³-hybridized carbons (Fsp3) is 0.174. The molecule has 0 atom stereocenters. The van der Waals surface area contributed by atoms with E-state index in [4.69, 9.17) is 9.47 Å². The molecular formula is C23H21N5O3S. The smallest absolute Gasteiger partial charge is 0.230 e. The number of nitrogens with zero attached hydrogens (tertiary/aromatic N) is 4. The molecule has 0 radical (unpaired) electrons. The summed E-state index contributed by atoms with van der Waals surface area (Å²) in [5, 5.41) is 4.27. The molecule has 1 N–H and O–H groups in total. The van der Waals surface area contributed by atoms with Crippen molar-refractivity contribution in [2.45, 2.75) is 11.6 Å². The van der Waals surface area contributed by atoms with Crippen LogP contribution in [0, 0.1) is 0 Å². The number of fused-ring (bicyclic) bond motifs is 1. The molecule has 2 aromatic heterocycles. The van der Waals surface area contributed by atoms with Crippen LogP contribution in [0.25, 0.3) is 22.4 Å². The number of aromatic nitrogens is 4. The van der Waals surface area contributed by atoms with Gasteiger partial charge in [-0.2, -0.15) is 0 Å². The zero-order chi connectivity index (χ0) is 22.3. The van der Waals surface area contributed by atoms with Crippen LogP contribution in [0.3, 0.4) is 0 Å². The molecule has 0 saturated heterocycles. The zero-order valence-electron chi connectivity index (χ0n) is 17.6. The average Bonchev–Trinajstić information content (AvgIpc) is 2.86. The van der Waals surface area contributed by atoms with E-state index in [2.05, 4.69) is 25.3 Å². The fourth-order valence-corrected chi connectivity index (χ4v) is 3.78. The predicted octanol–water partition coefficient (Wildman–Crippen LogP) is 3.51. The van der Waals surface area contributed by atoms with Crippen LogP contribution in [0.1, 0.15) is 5.56 Å². The molecule has 8 nitrogen and oxygen atoms in total. The Kier molecular flexibility index (Phi) is 6.76. The highest BCUT2D eigenvalue weighted by molar-refractivity contribution is 8.00. The fourth-order valence-electron chi connectivity index (χ4n) is 2.99. The van der Waals surface area contributed by atoms with Gasteiger partial charge in [-0.15, -0.1) is 0 Å². The summed E-state index contributed by atoms with van der Waals surface area (Å²) < 4.78 is 10.4. The van der Waals surface area contributed by atoms with Crippen LogP contribution in [0.15, 0.2) is 66.1 Å². The Morgan fingerprint density at radius 1 is 1.00 bits per heavy atom. The van der Waals surface area contributed by atoms with Crippen molar-refractivity contribution in [2.75, 3.05) is 20.0 Å². The lowest BCUT2D eigenvalue weighted by Gasteiger charge is -2.08. The molecule has 0 aliphatic carbocycles. The Balaban J connectivity index is 1.42. The Hall–Kier alpha value is -3.72. The number of carbonyl (C=O) groups is 1. The van der Waals surface area contributed by atoms with Gasteiger partial charge in [0.15, 0.2) is 11.5 Å².